The van der Waals surface area contributed by atoms with Gasteiger partial charge in [-0.1, -0.05) is 17.2 Å². The quantitative estimate of drug-likeness (QED) is 0.604. The van der Waals surface area contributed by atoms with E-state index in [-0.39, 0.29) is 5.91 Å². The van der Waals surface area contributed by atoms with Crippen LogP contribution in [0.4, 0.5) is 5.82 Å². The molecular weight excluding hydrogens is 328 g/mol. The molecule has 3 aromatic heterocycles. The van der Waals surface area contributed by atoms with Crippen molar-refractivity contribution in [2.45, 2.75) is 13.8 Å². The second kappa shape index (κ2) is 6.40. The summed E-state index contributed by atoms with van der Waals surface area (Å²) in [5.74, 6) is 0.658. The molecule has 0 unspecified atom stereocenters. The number of carbonyl (C=O) groups is 1. The van der Waals surface area contributed by atoms with Crippen LogP contribution in [0.25, 0.3) is 22.7 Å². The second-order valence-corrected chi connectivity index (χ2v) is 6.10. The third kappa shape index (κ3) is 3.17. The molecule has 1 amide bonds. The standard InChI is InChI=1S/C20H16N4O2/c1-12-8-13(2)10-15(9-12)19(25)23-17-11-14(5-7-21-17)20-24-18-16(26-20)4-3-6-22-18/h3-11H,1-2H3,(H,21,23,25). The molecule has 0 fully saturated rings. The summed E-state index contributed by atoms with van der Waals surface area (Å²) < 4.78 is 5.72. The van der Waals surface area contributed by atoms with Crippen molar-refractivity contribution in [3.05, 3.63) is 71.5 Å². The highest BCUT2D eigenvalue weighted by Crippen LogP contribution is 2.24. The normalized spacial score (nSPS) is 10.8. The van der Waals surface area contributed by atoms with Gasteiger partial charge in [0.2, 0.25) is 5.89 Å². The average molecular weight is 344 g/mol. The fourth-order valence-corrected chi connectivity index (χ4v) is 2.82. The van der Waals surface area contributed by atoms with Crippen molar-refractivity contribution < 1.29 is 9.21 Å². The van der Waals surface area contributed by atoms with Crippen LogP contribution in [0.2, 0.25) is 0 Å². The van der Waals surface area contributed by atoms with E-state index in [0.717, 1.165) is 11.1 Å². The third-order valence-electron chi connectivity index (χ3n) is 3.90. The number of aromatic nitrogens is 3. The van der Waals surface area contributed by atoms with Crippen LogP contribution in [-0.4, -0.2) is 20.9 Å². The number of nitrogens with zero attached hydrogens (tertiary/aromatic N) is 3. The Kier molecular flexibility index (Phi) is 3.93. The van der Waals surface area contributed by atoms with E-state index in [1.807, 2.05) is 38.1 Å². The number of hydrogen-bond acceptors (Lipinski definition) is 5. The molecule has 6 heteroatoms. The molecule has 6 nitrogen and oxygen atoms in total. The Labute approximate surface area is 149 Å². The molecule has 0 saturated heterocycles. The fraction of sp³-hybridized carbons (Fsp3) is 0.100. The lowest BCUT2D eigenvalue weighted by atomic mass is 10.1. The maximum absolute atomic E-state index is 12.5. The number of amides is 1. The number of rotatable bonds is 3. The SMILES string of the molecule is Cc1cc(C)cc(C(=O)Nc2cc(-c3nc4ncccc4o3)ccn2)c1. The molecule has 0 radical (unpaired) electrons. The zero-order valence-corrected chi connectivity index (χ0v) is 14.4. The molecule has 3 heterocycles. The summed E-state index contributed by atoms with van der Waals surface area (Å²) in [5.41, 5.74) is 4.54. The van der Waals surface area contributed by atoms with Crippen LogP contribution in [0.5, 0.6) is 0 Å². The molecule has 128 valence electrons. The van der Waals surface area contributed by atoms with Crippen LogP contribution in [0.3, 0.4) is 0 Å². The second-order valence-electron chi connectivity index (χ2n) is 6.10. The van der Waals surface area contributed by atoms with E-state index in [1.54, 1.807) is 30.6 Å². The number of carbonyl (C=O) groups excluding carboxylic acids is 1. The van der Waals surface area contributed by atoms with Crippen molar-refractivity contribution in [1.82, 2.24) is 15.0 Å². The predicted octanol–water partition coefficient (Wildman–Crippen LogP) is 4.15. The van der Waals surface area contributed by atoms with Crippen molar-refractivity contribution in [3.63, 3.8) is 0 Å². The smallest absolute Gasteiger partial charge is 0.256 e. The minimum Gasteiger partial charge on any atom is -0.434 e. The van der Waals surface area contributed by atoms with Crippen molar-refractivity contribution in [2.24, 2.45) is 0 Å². The molecule has 0 aliphatic rings. The van der Waals surface area contributed by atoms with Gasteiger partial charge in [-0.3, -0.25) is 4.79 Å². The zero-order valence-electron chi connectivity index (χ0n) is 14.4. The summed E-state index contributed by atoms with van der Waals surface area (Å²) in [6, 6.07) is 12.8. The zero-order chi connectivity index (χ0) is 18.1. The van der Waals surface area contributed by atoms with Gasteiger partial charge in [-0.15, -0.1) is 0 Å². The summed E-state index contributed by atoms with van der Waals surface area (Å²) in [4.78, 5) is 25.2. The first-order valence-electron chi connectivity index (χ1n) is 8.16. The van der Waals surface area contributed by atoms with Crippen molar-refractivity contribution in [3.8, 4) is 11.5 Å². The third-order valence-corrected chi connectivity index (χ3v) is 3.90. The van der Waals surface area contributed by atoms with Crippen molar-refractivity contribution in [1.29, 1.82) is 0 Å². The number of oxazole rings is 1. The van der Waals surface area contributed by atoms with Gasteiger partial charge in [0, 0.05) is 23.5 Å². The number of nitrogens with one attached hydrogen (secondary N) is 1. The highest BCUT2D eigenvalue weighted by atomic mass is 16.3. The maximum atomic E-state index is 12.5. The number of anilines is 1. The molecule has 0 bridgehead atoms. The van der Waals surface area contributed by atoms with Gasteiger partial charge in [0.15, 0.2) is 11.2 Å². The highest BCUT2D eigenvalue weighted by molar-refractivity contribution is 6.04. The van der Waals surface area contributed by atoms with Crippen LogP contribution in [0.15, 0.2) is 59.3 Å². The van der Waals surface area contributed by atoms with Crippen LogP contribution >= 0.6 is 0 Å². The fourth-order valence-electron chi connectivity index (χ4n) is 2.82. The number of pyridine rings is 2. The topological polar surface area (TPSA) is 80.9 Å². The molecule has 26 heavy (non-hydrogen) atoms. The molecule has 4 rings (SSSR count). The lowest BCUT2D eigenvalue weighted by Crippen LogP contribution is -2.13. The molecule has 0 atom stereocenters. The van der Waals surface area contributed by atoms with Gasteiger partial charge in [-0.05, 0) is 50.2 Å². The molecule has 0 aliphatic heterocycles. The van der Waals surface area contributed by atoms with Crippen LogP contribution < -0.4 is 5.32 Å². The van der Waals surface area contributed by atoms with Gasteiger partial charge in [0.25, 0.3) is 5.91 Å². The van der Waals surface area contributed by atoms with Gasteiger partial charge < -0.3 is 9.73 Å². The Morgan fingerprint density at radius 1 is 1.00 bits per heavy atom. The molecule has 1 aromatic carbocycles. The lowest BCUT2D eigenvalue weighted by molar-refractivity contribution is 0.102. The molecule has 1 N–H and O–H groups in total. The van der Waals surface area contributed by atoms with Gasteiger partial charge in [0.1, 0.15) is 5.82 Å². The number of hydrogen-bond donors (Lipinski definition) is 1. The predicted molar refractivity (Wildman–Crippen MR) is 98.9 cm³/mol. The minimum atomic E-state index is -0.208. The summed E-state index contributed by atoms with van der Waals surface area (Å²) in [6.45, 7) is 3.92. The summed E-state index contributed by atoms with van der Waals surface area (Å²) in [5, 5.41) is 2.82. The van der Waals surface area contributed by atoms with E-state index >= 15 is 0 Å². The highest BCUT2D eigenvalue weighted by Gasteiger charge is 2.12. The molecule has 4 aromatic rings. The summed E-state index contributed by atoms with van der Waals surface area (Å²) >= 11 is 0. The van der Waals surface area contributed by atoms with Crippen LogP contribution in [0, 0.1) is 13.8 Å². The lowest BCUT2D eigenvalue weighted by Gasteiger charge is -2.07. The van der Waals surface area contributed by atoms with Gasteiger partial charge in [-0.25, -0.2) is 9.97 Å². The molecule has 0 saturated carbocycles. The Bertz CT molecular complexity index is 1060. The molecule has 0 spiro atoms. The van der Waals surface area contributed by atoms with E-state index in [2.05, 4.69) is 20.3 Å². The van der Waals surface area contributed by atoms with Gasteiger partial charge in [0.05, 0.1) is 0 Å². The Morgan fingerprint density at radius 3 is 2.58 bits per heavy atom. The number of aryl methyl sites for hydroxylation is 2. The largest absolute Gasteiger partial charge is 0.434 e. The van der Waals surface area contributed by atoms with Gasteiger partial charge >= 0.3 is 0 Å². The first-order valence-corrected chi connectivity index (χ1v) is 8.16. The van der Waals surface area contributed by atoms with Crippen LogP contribution in [-0.2, 0) is 0 Å². The number of benzene rings is 1. The van der Waals surface area contributed by atoms with E-state index in [1.165, 1.54) is 0 Å². The van der Waals surface area contributed by atoms with E-state index in [0.29, 0.717) is 34.1 Å². The Hall–Kier alpha value is -3.54. The molecular formula is C20H16N4O2. The number of fused-ring (bicyclic) bond motifs is 1. The van der Waals surface area contributed by atoms with Crippen LogP contribution in [0.1, 0.15) is 21.5 Å². The monoisotopic (exact) mass is 344 g/mol. The minimum absolute atomic E-state index is 0.208. The van der Waals surface area contributed by atoms with E-state index in [4.69, 9.17) is 4.42 Å². The average Bonchev–Trinajstić information content (AvgIpc) is 3.05. The Morgan fingerprint density at radius 2 is 1.81 bits per heavy atom. The van der Waals surface area contributed by atoms with Crippen molar-refractivity contribution in [2.75, 3.05) is 5.32 Å². The van der Waals surface area contributed by atoms with E-state index < -0.39 is 0 Å². The van der Waals surface area contributed by atoms with Gasteiger partial charge in [-0.2, -0.15) is 4.98 Å². The Balaban J connectivity index is 1.62. The first-order chi connectivity index (χ1) is 12.6. The van der Waals surface area contributed by atoms with Crippen molar-refractivity contribution >= 4 is 23.0 Å². The molecule has 0 aliphatic carbocycles. The summed E-state index contributed by atoms with van der Waals surface area (Å²) in [6.07, 6.45) is 3.27. The van der Waals surface area contributed by atoms with E-state index in [9.17, 15) is 4.79 Å². The first kappa shape index (κ1) is 16.0. The maximum Gasteiger partial charge on any atom is 0.256 e. The summed E-state index contributed by atoms with van der Waals surface area (Å²) in [7, 11) is 0.